The van der Waals surface area contributed by atoms with Gasteiger partial charge in [-0.1, -0.05) is 24.3 Å². The number of rotatable bonds is 11. The SMILES string of the molecule is CN1CCN(c2ccc(C(=O)CC(=O)C(F)(F)F)cc2)CC1.Nc1cccc2c1C(=O)C(C(=O)c1ccc(N3CCCCC3)cc1)C2=O.O=C(c1ccc(N2CCCCC2)cc1)C1C(=O)c2cccc([N+](=O)[O-])c2C1=O. The molecule has 19 heteroatoms. The van der Waals surface area contributed by atoms with Gasteiger partial charge in [-0.25, -0.2) is 0 Å². The summed E-state index contributed by atoms with van der Waals surface area (Å²) in [5.74, 6) is -9.17. The summed E-state index contributed by atoms with van der Waals surface area (Å²) in [5, 5.41) is 11.2. The first-order valence-corrected chi connectivity index (χ1v) is 25.1. The van der Waals surface area contributed by atoms with Crippen LogP contribution >= 0.6 is 0 Å². The molecular weight excluding hydrogens is 986 g/mol. The monoisotopic (exact) mass is 1040 g/mol. The van der Waals surface area contributed by atoms with E-state index in [2.05, 4.69) is 19.6 Å². The first-order valence-electron chi connectivity index (χ1n) is 25.1. The number of nitro benzene ring substituents is 1. The fourth-order valence-corrected chi connectivity index (χ4v) is 10.1. The number of hydrogen-bond acceptors (Lipinski definition) is 15. The third-order valence-corrected chi connectivity index (χ3v) is 14.4. The van der Waals surface area contributed by atoms with Crippen LogP contribution in [0.1, 0.15) is 117 Å². The minimum Gasteiger partial charge on any atom is -0.398 e. The topological polar surface area (TPSA) is 219 Å². The molecule has 0 radical (unpaired) electrons. The van der Waals surface area contributed by atoms with E-state index in [1.807, 2.05) is 31.3 Å². The molecule has 0 aromatic heterocycles. The van der Waals surface area contributed by atoms with Crippen molar-refractivity contribution in [2.45, 2.75) is 51.1 Å². The zero-order chi connectivity index (χ0) is 54.4. The number of nitro groups is 1. The number of likely N-dealkylation sites (N-methyl/N-ethyl adjacent to an activating group) is 1. The molecule has 16 nitrogen and oxygen atoms in total. The van der Waals surface area contributed by atoms with Crippen LogP contribution in [0.5, 0.6) is 0 Å². The first-order chi connectivity index (χ1) is 36.3. The summed E-state index contributed by atoms with van der Waals surface area (Å²) in [6.45, 7) is 7.54. The Balaban J connectivity index is 0.000000152. The predicted molar refractivity (Wildman–Crippen MR) is 278 cm³/mol. The number of halogens is 3. The second-order valence-corrected chi connectivity index (χ2v) is 19.3. The molecule has 5 aromatic rings. The molecule has 0 bridgehead atoms. The van der Waals surface area contributed by atoms with E-state index in [0.29, 0.717) is 5.56 Å². The number of nitrogens with zero attached hydrogens (tertiary/aromatic N) is 5. The van der Waals surface area contributed by atoms with Crippen LogP contribution < -0.4 is 20.4 Å². The lowest BCUT2D eigenvalue weighted by Gasteiger charge is -2.34. The van der Waals surface area contributed by atoms with E-state index in [9.17, 15) is 61.6 Å². The Bertz CT molecular complexity index is 3090. The van der Waals surface area contributed by atoms with Gasteiger partial charge in [0.1, 0.15) is 17.4 Å². The molecule has 2 aliphatic carbocycles. The fraction of sp³-hybridized carbons (Fsp3) is 0.333. The van der Waals surface area contributed by atoms with E-state index in [4.69, 9.17) is 5.73 Å². The molecular formula is C57H55F3N6O10. The maximum absolute atomic E-state index is 12.9. The van der Waals surface area contributed by atoms with Gasteiger partial charge in [0, 0.05) is 109 Å². The maximum atomic E-state index is 12.9. The smallest absolute Gasteiger partial charge is 0.398 e. The first kappa shape index (κ1) is 54.1. The third-order valence-electron chi connectivity index (χ3n) is 14.4. The van der Waals surface area contributed by atoms with Crippen molar-refractivity contribution in [2.24, 2.45) is 11.8 Å². The van der Waals surface area contributed by atoms with Crippen molar-refractivity contribution in [2.75, 3.05) is 79.8 Å². The summed E-state index contributed by atoms with van der Waals surface area (Å²) >= 11 is 0. The molecule has 3 saturated heterocycles. The quantitative estimate of drug-likeness (QED) is 0.0430. The number of carbonyl (C=O) groups is 8. The summed E-state index contributed by atoms with van der Waals surface area (Å²) in [7, 11) is 2.04. The van der Waals surface area contributed by atoms with Crippen molar-refractivity contribution in [3.05, 3.63) is 158 Å². The number of piperidine rings is 2. The second-order valence-electron chi connectivity index (χ2n) is 19.3. The number of ketones is 8. The van der Waals surface area contributed by atoms with Gasteiger partial charge in [0.2, 0.25) is 5.78 Å². The van der Waals surface area contributed by atoms with Crippen molar-refractivity contribution >= 4 is 74.7 Å². The van der Waals surface area contributed by atoms with Crippen molar-refractivity contribution in [1.29, 1.82) is 0 Å². The molecule has 0 saturated carbocycles. The highest BCUT2D eigenvalue weighted by Gasteiger charge is 2.48. The van der Waals surface area contributed by atoms with Crippen LogP contribution in [-0.4, -0.2) is 122 Å². The number of nitrogens with two attached hydrogens (primary N) is 1. The average Bonchev–Trinajstić information content (AvgIpc) is 3.86. The average molecular weight is 1040 g/mol. The number of hydrogen-bond donors (Lipinski definition) is 1. The van der Waals surface area contributed by atoms with E-state index < -0.39 is 81.3 Å². The van der Waals surface area contributed by atoms with Gasteiger partial charge in [0.15, 0.2) is 40.5 Å². The van der Waals surface area contributed by atoms with Crippen LogP contribution in [0.4, 0.5) is 41.6 Å². The summed E-state index contributed by atoms with van der Waals surface area (Å²) in [6.07, 6.45) is 0.962. The molecule has 10 rings (SSSR count). The van der Waals surface area contributed by atoms with Gasteiger partial charge in [0.25, 0.3) is 5.69 Å². The number of carbonyl (C=O) groups excluding carboxylic acids is 8. The summed E-state index contributed by atoms with van der Waals surface area (Å²) in [6, 6.07) is 29.0. The molecule has 3 heterocycles. The minimum atomic E-state index is -4.96. The number of anilines is 4. The molecule has 3 fully saturated rings. The van der Waals surface area contributed by atoms with Crippen LogP contribution in [0.3, 0.4) is 0 Å². The van der Waals surface area contributed by atoms with Crippen LogP contribution in [0.25, 0.3) is 0 Å². The zero-order valence-electron chi connectivity index (χ0n) is 41.7. The molecule has 3 aliphatic heterocycles. The number of piperazine rings is 1. The summed E-state index contributed by atoms with van der Waals surface area (Å²) < 4.78 is 36.5. The highest BCUT2D eigenvalue weighted by molar-refractivity contribution is 6.40. The largest absolute Gasteiger partial charge is 0.450 e. The van der Waals surface area contributed by atoms with Crippen LogP contribution in [0.15, 0.2) is 109 Å². The number of benzene rings is 5. The van der Waals surface area contributed by atoms with Gasteiger partial charge in [-0.3, -0.25) is 48.5 Å². The number of Topliss-reactive ketones (excluding diaryl/α,β-unsaturated/α-hetero) is 8. The van der Waals surface area contributed by atoms with Gasteiger partial charge in [-0.2, -0.15) is 13.2 Å². The van der Waals surface area contributed by atoms with Gasteiger partial charge >= 0.3 is 6.18 Å². The fourth-order valence-electron chi connectivity index (χ4n) is 10.1. The molecule has 2 N–H and O–H groups in total. The van der Waals surface area contributed by atoms with Crippen molar-refractivity contribution in [3.8, 4) is 0 Å². The van der Waals surface area contributed by atoms with E-state index in [1.54, 1.807) is 54.6 Å². The maximum Gasteiger partial charge on any atom is 0.450 e. The zero-order valence-corrected chi connectivity index (χ0v) is 41.7. The number of nitrogen functional groups attached to an aromatic ring is 1. The normalized spacial score (nSPS) is 18.4. The summed E-state index contributed by atoms with van der Waals surface area (Å²) in [5.41, 5.74) is 9.50. The van der Waals surface area contributed by atoms with E-state index >= 15 is 0 Å². The lowest BCUT2D eigenvalue weighted by Crippen LogP contribution is -2.44. The van der Waals surface area contributed by atoms with Crippen molar-refractivity contribution in [1.82, 2.24) is 4.90 Å². The van der Waals surface area contributed by atoms with E-state index in [0.717, 1.165) is 82.3 Å². The Hall–Kier alpha value is -8.19. The Morgan fingerprint density at radius 1 is 0.539 bits per heavy atom. The molecule has 2 unspecified atom stereocenters. The lowest BCUT2D eigenvalue weighted by atomic mass is 9.93. The Labute approximate surface area is 435 Å². The Morgan fingerprint density at radius 3 is 1.36 bits per heavy atom. The standard InChI is InChI=1S/C21H18N2O5.C21H20N2O3.C15H17F3N2O2/c24-19(13-7-9-14(10-8-13)22-11-2-1-3-12-22)18-20(25)15-5-4-6-16(23(27)28)17(15)21(18)26;22-16-6-4-5-15-17(16)21(26)18(20(15)25)19(24)13-7-9-14(10-8-13)23-11-2-1-3-12-23;1-19-6-8-20(9-7-19)12-4-2-11(3-5-12)13(21)10-14(22)15(16,17)18/h4-10,18H,1-3,11-12H2;4-10,18H,1-3,11-12,22H2;2-5H,6-10H2,1H3. The number of fused-ring (bicyclic) bond motifs is 2. The van der Waals surface area contributed by atoms with Crippen molar-refractivity contribution in [3.63, 3.8) is 0 Å². The molecule has 0 amide bonds. The molecule has 5 aliphatic rings. The van der Waals surface area contributed by atoms with E-state index in [-0.39, 0.29) is 39.1 Å². The molecule has 2 atom stereocenters. The number of alkyl halides is 3. The highest BCUT2D eigenvalue weighted by Crippen LogP contribution is 2.36. The minimum absolute atomic E-state index is 0.0533. The van der Waals surface area contributed by atoms with E-state index in [1.165, 1.54) is 56.0 Å². The predicted octanol–water partition coefficient (Wildman–Crippen LogP) is 8.74. The van der Waals surface area contributed by atoms with Crippen molar-refractivity contribution < 1.29 is 56.5 Å². The molecule has 76 heavy (non-hydrogen) atoms. The second kappa shape index (κ2) is 23.1. The van der Waals surface area contributed by atoms with Crippen LogP contribution in [0.2, 0.25) is 0 Å². The lowest BCUT2D eigenvalue weighted by molar-refractivity contribution is -0.385. The van der Waals surface area contributed by atoms with Gasteiger partial charge in [-0.05, 0) is 124 Å². The third kappa shape index (κ3) is 11.7. The Morgan fingerprint density at radius 2 is 0.934 bits per heavy atom. The Kier molecular flexibility index (Phi) is 16.5. The van der Waals surface area contributed by atoms with Gasteiger partial charge in [0.05, 0.1) is 16.9 Å². The molecule has 5 aromatic carbocycles. The highest BCUT2D eigenvalue weighted by atomic mass is 19.4. The molecule has 394 valence electrons. The van der Waals surface area contributed by atoms with Crippen LogP contribution in [-0.2, 0) is 4.79 Å². The van der Waals surface area contributed by atoms with Gasteiger partial charge in [-0.15, -0.1) is 0 Å². The van der Waals surface area contributed by atoms with Crippen LogP contribution in [0, 0.1) is 22.0 Å². The molecule has 0 spiro atoms. The van der Waals surface area contributed by atoms with Gasteiger partial charge < -0.3 is 25.3 Å². The summed E-state index contributed by atoms with van der Waals surface area (Å²) in [4.78, 5) is 118.